The minimum Gasteiger partial charge on any atom is -0.452 e. The Labute approximate surface area is 160 Å². The van der Waals surface area contributed by atoms with Crippen LogP contribution < -0.4 is 5.32 Å². The molecular weight excluding hydrogens is 381 g/mol. The smallest absolute Gasteiger partial charge is 0.340 e. The lowest BCUT2D eigenvalue weighted by atomic mass is 10.1. The summed E-state index contributed by atoms with van der Waals surface area (Å²) in [4.78, 5) is 24.7. The number of nitrogens with one attached hydrogen (secondary N) is 1. The second kappa shape index (κ2) is 9.70. The highest BCUT2D eigenvalue weighted by molar-refractivity contribution is 7.98. The Hall–Kier alpha value is -1.69. The lowest BCUT2D eigenvalue weighted by molar-refractivity contribution is -0.124. The molecule has 0 fully saturated rings. The number of carbonyl (C=O) groups excluding carboxylic acids is 2. The van der Waals surface area contributed by atoms with Crippen molar-refractivity contribution in [3.63, 3.8) is 0 Å². The van der Waals surface area contributed by atoms with Gasteiger partial charge in [-0.2, -0.15) is 0 Å². The number of benzene rings is 2. The second-order valence-electron chi connectivity index (χ2n) is 5.15. The SMILES string of the molecule is CSc1ccc(Cl)c(C(=O)OCC(=O)NCCc2ccc(Cl)cc2)c1. The summed E-state index contributed by atoms with van der Waals surface area (Å²) < 4.78 is 5.03. The molecule has 2 aromatic rings. The maximum absolute atomic E-state index is 12.1. The highest BCUT2D eigenvalue weighted by atomic mass is 35.5. The fourth-order valence-corrected chi connectivity index (χ4v) is 2.81. The van der Waals surface area contributed by atoms with Crippen LogP contribution in [0.4, 0.5) is 0 Å². The minimum absolute atomic E-state index is 0.252. The van der Waals surface area contributed by atoms with Gasteiger partial charge >= 0.3 is 5.97 Å². The third-order valence-electron chi connectivity index (χ3n) is 3.38. The topological polar surface area (TPSA) is 55.4 Å². The van der Waals surface area contributed by atoms with Crippen LogP contribution in [0.2, 0.25) is 10.0 Å². The van der Waals surface area contributed by atoms with Gasteiger partial charge in [0.1, 0.15) is 0 Å². The molecular formula is C18H17Cl2NO3S. The van der Waals surface area contributed by atoms with Crippen molar-refractivity contribution in [3.8, 4) is 0 Å². The van der Waals surface area contributed by atoms with Crippen LogP contribution in [0, 0.1) is 0 Å². The summed E-state index contributed by atoms with van der Waals surface area (Å²) in [5.74, 6) is -0.979. The lowest BCUT2D eigenvalue weighted by Gasteiger charge is -2.08. The van der Waals surface area contributed by atoms with Crippen LogP contribution in [-0.4, -0.2) is 31.3 Å². The Bertz CT molecular complexity index is 750. The van der Waals surface area contributed by atoms with Crippen LogP contribution >= 0.6 is 35.0 Å². The first kappa shape index (κ1) is 19.6. The first-order valence-electron chi connectivity index (χ1n) is 7.51. The van der Waals surface area contributed by atoms with Crippen LogP contribution in [0.1, 0.15) is 15.9 Å². The Morgan fingerprint density at radius 1 is 1.12 bits per heavy atom. The monoisotopic (exact) mass is 397 g/mol. The Kier molecular flexibility index (Phi) is 7.62. The molecule has 0 aliphatic rings. The quantitative estimate of drug-likeness (QED) is 0.560. The third kappa shape index (κ3) is 6.27. The van der Waals surface area contributed by atoms with Gasteiger partial charge in [0.05, 0.1) is 10.6 Å². The lowest BCUT2D eigenvalue weighted by Crippen LogP contribution is -2.30. The van der Waals surface area contributed by atoms with E-state index in [1.165, 1.54) is 11.8 Å². The van der Waals surface area contributed by atoms with Crippen molar-refractivity contribution in [2.75, 3.05) is 19.4 Å². The van der Waals surface area contributed by atoms with Gasteiger partial charge in [-0.3, -0.25) is 4.79 Å². The van der Waals surface area contributed by atoms with Crippen molar-refractivity contribution in [1.82, 2.24) is 5.32 Å². The average molecular weight is 398 g/mol. The van der Waals surface area contributed by atoms with Gasteiger partial charge in [0.15, 0.2) is 6.61 Å². The molecule has 25 heavy (non-hydrogen) atoms. The number of hydrogen-bond acceptors (Lipinski definition) is 4. The van der Waals surface area contributed by atoms with E-state index >= 15 is 0 Å². The zero-order valence-electron chi connectivity index (χ0n) is 13.6. The van der Waals surface area contributed by atoms with Gasteiger partial charge in [-0.05, 0) is 48.6 Å². The van der Waals surface area contributed by atoms with Gasteiger partial charge in [0, 0.05) is 16.5 Å². The third-order valence-corrected chi connectivity index (χ3v) is 4.68. The summed E-state index contributed by atoms with van der Waals surface area (Å²) in [6.45, 7) is 0.0972. The van der Waals surface area contributed by atoms with E-state index in [2.05, 4.69) is 5.32 Å². The molecule has 0 heterocycles. The van der Waals surface area contributed by atoms with Crippen LogP contribution in [-0.2, 0) is 16.0 Å². The molecule has 7 heteroatoms. The van der Waals surface area contributed by atoms with Crippen molar-refractivity contribution in [2.24, 2.45) is 0 Å². The van der Waals surface area contributed by atoms with Crippen LogP contribution in [0.25, 0.3) is 0 Å². The van der Waals surface area contributed by atoms with Crippen molar-refractivity contribution in [2.45, 2.75) is 11.3 Å². The van der Waals surface area contributed by atoms with E-state index in [0.29, 0.717) is 23.0 Å². The van der Waals surface area contributed by atoms with Crippen molar-refractivity contribution < 1.29 is 14.3 Å². The van der Waals surface area contributed by atoms with Gasteiger partial charge in [-0.15, -0.1) is 11.8 Å². The second-order valence-corrected chi connectivity index (χ2v) is 6.87. The summed E-state index contributed by atoms with van der Waals surface area (Å²) in [5.41, 5.74) is 1.31. The van der Waals surface area contributed by atoms with Gasteiger partial charge in [-0.25, -0.2) is 4.79 Å². The van der Waals surface area contributed by atoms with Crippen molar-refractivity contribution >= 4 is 46.8 Å². The molecule has 1 N–H and O–H groups in total. The zero-order valence-corrected chi connectivity index (χ0v) is 15.9. The van der Waals surface area contributed by atoms with E-state index in [4.69, 9.17) is 27.9 Å². The predicted octanol–water partition coefficient (Wildman–Crippen LogP) is 4.23. The molecule has 0 spiro atoms. The normalized spacial score (nSPS) is 10.4. The zero-order chi connectivity index (χ0) is 18.2. The number of hydrogen-bond donors (Lipinski definition) is 1. The van der Waals surface area contributed by atoms with Crippen molar-refractivity contribution in [1.29, 1.82) is 0 Å². The number of rotatable bonds is 7. The minimum atomic E-state index is -0.617. The van der Waals surface area contributed by atoms with E-state index in [1.807, 2.05) is 24.5 Å². The Balaban J connectivity index is 1.77. The maximum Gasteiger partial charge on any atom is 0.340 e. The number of esters is 1. The summed E-state index contributed by atoms with van der Waals surface area (Å²) in [7, 11) is 0. The van der Waals surface area contributed by atoms with E-state index in [-0.39, 0.29) is 18.1 Å². The van der Waals surface area contributed by atoms with E-state index in [0.717, 1.165) is 10.5 Å². The van der Waals surface area contributed by atoms with E-state index < -0.39 is 5.97 Å². The molecule has 0 atom stereocenters. The number of amides is 1. The molecule has 0 aromatic heterocycles. The summed E-state index contributed by atoms with van der Waals surface area (Å²) in [5, 5.41) is 3.67. The molecule has 132 valence electrons. The number of ether oxygens (including phenoxy) is 1. The molecule has 0 saturated carbocycles. The largest absolute Gasteiger partial charge is 0.452 e. The van der Waals surface area contributed by atoms with Crippen molar-refractivity contribution in [3.05, 3.63) is 63.6 Å². The number of halogens is 2. The number of thioether (sulfide) groups is 1. The first-order chi connectivity index (χ1) is 12.0. The number of carbonyl (C=O) groups is 2. The molecule has 2 aromatic carbocycles. The van der Waals surface area contributed by atoms with Crippen LogP contribution in [0.15, 0.2) is 47.4 Å². The highest BCUT2D eigenvalue weighted by Crippen LogP contribution is 2.23. The first-order valence-corrected chi connectivity index (χ1v) is 9.49. The molecule has 0 unspecified atom stereocenters. The Morgan fingerprint density at radius 3 is 2.52 bits per heavy atom. The molecule has 0 bridgehead atoms. The molecule has 0 aliphatic heterocycles. The molecule has 0 saturated heterocycles. The molecule has 2 rings (SSSR count). The van der Waals surface area contributed by atoms with Gasteiger partial charge in [0.25, 0.3) is 5.91 Å². The fourth-order valence-electron chi connectivity index (χ4n) is 2.04. The summed E-state index contributed by atoms with van der Waals surface area (Å²) in [6, 6.07) is 12.5. The average Bonchev–Trinajstić information content (AvgIpc) is 2.62. The van der Waals surface area contributed by atoms with Crippen LogP contribution in [0.3, 0.4) is 0 Å². The van der Waals surface area contributed by atoms with E-state index in [1.54, 1.807) is 24.3 Å². The molecule has 4 nitrogen and oxygen atoms in total. The van der Waals surface area contributed by atoms with Crippen LogP contribution in [0.5, 0.6) is 0 Å². The molecule has 0 aliphatic carbocycles. The summed E-state index contributed by atoms with van der Waals surface area (Å²) in [6.07, 6.45) is 2.56. The molecule has 1 amide bonds. The fraction of sp³-hybridized carbons (Fsp3) is 0.222. The standard InChI is InChI=1S/C18H17Cl2NO3S/c1-25-14-6-7-16(20)15(10-14)18(23)24-11-17(22)21-9-8-12-2-4-13(19)5-3-12/h2-7,10H,8-9,11H2,1H3,(H,21,22). The van der Waals surface area contributed by atoms with Gasteiger partial charge in [-0.1, -0.05) is 35.3 Å². The van der Waals surface area contributed by atoms with Gasteiger partial charge < -0.3 is 10.1 Å². The van der Waals surface area contributed by atoms with Gasteiger partial charge in [0.2, 0.25) is 0 Å². The molecule has 0 radical (unpaired) electrons. The highest BCUT2D eigenvalue weighted by Gasteiger charge is 2.14. The maximum atomic E-state index is 12.1. The Morgan fingerprint density at radius 2 is 1.84 bits per heavy atom. The van der Waals surface area contributed by atoms with E-state index in [9.17, 15) is 9.59 Å². The summed E-state index contributed by atoms with van der Waals surface area (Å²) >= 11 is 13.3. The predicted molar refractivity (Wildman–Crippen MR) is 102 cm³/mol.